The predicted molar refractivity (Wildman–Crippen MR) is 75.1 cm³/mol. The summed E-state index contributed by atoms with van der Waals surface area (Å²) < 4.78 is 20.1. The van der Waals surface area contributed by atoms with Crippen LogP contribution in [-0.4, -0.2) is 19.6 Å². The molecule has 0 radical (unpaired) electrons. The summed E-state index contributed by atoms with van der Waals surface area (Å²) in [5.74, 6) is 0.00796. The number of nitrogens with zero attached hydrogens (tertiary/aromatic N) is 4. The van der Waals surface area contributed by atoms with Gasteiger partial charge < -0.3 is 10.2 Å². The van der Waals surface area contributed by atoms with Crippen LogP contribution in [0.4, 0.5) is 10.3 Å². The molecule has 0 bridgehead atoms. The lowest BCUT2D eigenvalue weighted by Crippen LogP contribution is -2.06. The first kappa shape index (κ1) is 11.8. The third-order valence-corrected chi connectivity index (χ3v) is 3.52. The van der Waals surface area contributed by atoms with Crippen molar-refractivity contribution in [2.45, 2.75) is 6.92 Å². The van der Waals surface area contributed by atoms with E-state index in [2.05, 4.69) is 15.2 Å². The lowest BCUT2D eigenvalue weighted by Gasteiger charge is -2.09. The molecule has 0 saturated carbocycles. The predicted octanol–water partition coefficient (Wildman–Crippen LogP) is 2.57. The van der Waals surface area contributed by atoms with Crippen LogP contribution in [0.5, 0.6) is 0 Å². The minimum Gasteiger partial charge on any atom is -0.464 e. The summed E-state index contributed by atoms with van der Waals surface area (Å²) in [6.07, 6.45) is 0.841. The molecule has 0 fully saturated rings. The monoisotopic (exact) mass is 283 g/mol. The van der Waals surface area contributed by atoms with Crippen LogP contribution in [0.25, 0.3) is 27.9 Å². The van der Waals surface area contributed by atoms with Crippen LogP contribution < -0.4 is 5.73 Å². The highest BCUT2D eigenvalue weighted by Crippen LogP contribution is 2.32. The summed E-state index contributed by atoms with van der Waals surface area (Å²) in [6, 6.07) is 7.51. The van der Waals surface area contributed by atoms with Crippen LogP contribution in [-0.2, 0) is 0 Å². The van der Waals surface area contributed by atoms with Crippen molar-refractivity contribution in [3.63, 3.8) is 0 Å². The maximum atomic E-state index is 13.6. The number of furan rings is 1. The number of rotatable bonds is 1. The molecule has 3 aromatic heterocycles. The molecule has 0 saturated heterocycles. The first-order chi connectivity index (χ1) is 10.2. The lowest BCUT2D eigenvalue weighted by atomic mass is 10.0. The van der Waals surface area contributed by atoms with Crippen LogP contribution in [0.1, 0.15) is 5.56 Å². The van der Waals surface area contributed by atoms with E-state index in [1.165, 1.54) is 0 Å². The number of nitrogen functional groups attached to an aromatic ring is 1. The topological polar surface area (TPSA) is 82.2 Å². The zero-order valence-electron chi connectivity index (χ0n) is 11.0. The lowest BCUT2D eigenvalue weighted by molar-refractivity contribution is 0.528. The molecule has 0 aliphatic carbocycles. The van der Waals surface area contributed by atoms with Crippen LogP contribution in [0.3, 0.4) is 0 Å². The molecule has 7 heteroatoms. The Morgan fingerprint density at radius 1 is 1.24 bits per heavy atom. The molecule has 104 valence electrons. The highest BCUT2D eigenvalue weighted by Gasteiger charge is 2.18. The zero-order valence-corrected chi connectivity index (χ0v) is 11.0. The Hall–Kier alpha value is -2.96. The van der Waals surface area contributed by atoms with E-state index in [1.807, 2.05) is 31.2 Å². The Morgan fingerprint density at radius 2 is 2.10 bits per heavy atom. The highest BCUT2D eigenvalue weighted by atomic mass is 19.1. The third kappa shape index (κ3) is 1.54. The SMILES string of the molecule is Cc1c(-c2cccc3occc23)nc(N)n2c(F)nnc12. The van der Waals surface area contributed by atoms with Crippen molar-refractivity contribution in [1.29, 1.82) is 0 Å². The number of hydrogen-bond donors (Lipinski definition) is 1. The number of hydrogen-bond acceptors (Lipinski definition) is 5. The zero-order chi connectivity index (χ0) is 14.6. The Labute approximate surface area is 118 Å². The van der Waals surface area contributed by atoms with Gasteiger partial charge in [-0.2, -0.15) is 4.39 Å². The average molecular weight is 283 g/mol. The second-order valence-corrected chi connectivity index (χ2v) is 4.71. The quantitative estimate of drug-likeness (QED) is 0.580. The molecule has 6 nitrogen and oxygen atoms in total. The minimum atomic E-state index is -0.772. The summed E-state index contributed by atoms with van der Waals surface area (Å²) in [5.41, 5.74) is 9.14. The first-order valence-electron chi connectivity index (χ1n) is 6.30. The molecule has 0 amide bonds. The van der Waals surface area contributed by atoms with Gasteiger partial charge in [-0.05, 0) is 19.1 Å². The van der Waals surface area contributed by atoms with Crippen molar-refractivity contribution in [2.24, 2.45) is 0 Å². The Morgan fingerprint density at radius 3 is 2.95 bits per heavy atom. The molecular formula is C14H10FN5O. The average Bonchev–Trinajstić information content (AvgIpc) is 3.09. The first-order valence-corrected chi connectivity index (χ1v) is 6.30. The molecular weight excluding hydrogens is 273 g/mol. The number of benzene rings is 1. The van der Waals surface area contributed by atoms with Gasteiger partial charge in [0, 0.05) is 16.5 Å². The van der Waals surface area contributed by atoms with Gasteiger partial charge in [-0.1, -0.05) is 17.2 Å². The minimum absolute atomic E-state index is 0.00796. The molecule has 2 N–H and O–H groups in total. The van der Waals surface area contributed by atoms with Crippen molar-refractivity contribution in [3.05, 3.63) is 42.2 Å². The number of aryl methyl sites for hydroxylation is 1. The molecule has 3 heterocycles. The number of nitrogens with two attached hydrogens (primary N) is 1. The number of fused-ring (bicyclic) bond motifs is 2. The van der Waals surface area contributed by atoms with E-state index in [9.17, 15) is 4.39 Å². The molecule has 0 aliphatic rings. The smallest absolute Gasteiger partial charge is 0.316 e. The fourth-order valence-corrected chi connectivity index (χ4v) is 2.53. The number of anilines is 1. The highest BCUT2D eigenvalue weighted by molar-refractivity contribution is 5.94. The maximum Gasteiger partial charge on any atom is 0.316 e. The van der Waals surface area contributed by atoms with Crippen LogP contribution in [0.2, 0.25) is 0 Å². The molecule has 0 atom stereocenters. The Balaban J connectivity index is 2.11. The van der Waals surface area contributed by atoms with Crippen molar-refractivity contribution >= 4 is 22.6 Å². The molecule has 0 aliphatic heterocycles. The molecule has 21 heavy (non-hydrogen) atoms. The van der Waals surface area contributed by atoms with Gasteiger partial charge in [-0.3, -0.25) is 0 Å². The summed E-state index contributed by atoms with van der Waals surface area (Å²) in [5, 5.41) is 8.15. The standard InChI is InChI=1S/C14H10FN5O/c1-7-11(9-3-2-4-10-8(9)5-6-21-10)17-14(16)20-12(7)18-19-13(20)15/h2-6H,1H3,(H2,16,17). The van der Waals surface area contributed by atoms with Gasteiger partial charge in [-0.15, -0.1) is 5.10 Å². The van der Waals surface area contributed by atoms with Crippen LogP contribution in [0, 0.1) is 13.0 Å². The second kappa shape index (κ2) is 4.02. The van der Waals surface area contributed by atoms with Crippen LogP contribution >= 0.6 is 0 Å². The molecule has 0 unspecified atom stereocenters. The van der Waals surface area contributed by atoms with E-state index in [4.69, 9.17) is 10.2 Å². The molecule has 1 aromatic carbocycles. The third-order valence-electron chi connectivity index (χ3n) is 3.52. The Bertz CT molecular complexity index is 988. The normalized spacial score (nSPS) is 11.5. The number of halogens is 1. The van der Waals surface area contributed by atoms with Crippen LogP contribution in [0.15, 0.2) is 34.9 Å². The molecule has 4 aromatic rings. The van der Waals surface area contributed by atoms with Crippen molar-refractivity contribution in [2.75, 3.05) is 5.73 Å². The van der Waals surface area contributed by atoms with E-state index in [0.717, 1.165) is 20.9 Å². The van der Waals surface area contributed by atoms with Gasteiger partial charge in [-0.25, -0.2) is 9.38 Å². The van der Waals surface area contributed by atoms with Gasteiger partial charge in [0.2, 0.25) is 5.95 Å². The summed E-state index contributed by atoms with van der Waals surface area (Å²) >= 11 is 0. The van der Waals surface area contributed by atoms with Gasteiger partial charge in [0.15, 0.2) is 5.65 Å². The molecule has 4 rings (SSSR count). The maximum absolute atomic E-state index is 13.6. The van der Waals surface area contributed by atoms with E-state index < -0.39 is 6.08 Å². The van der Waals surface area contributed by atoms with E-state index in [1.54, 1.807) is 6.26 Å². The number of aromatic nitrogens is 4. The van der Waals surface area contributed by atoms with E-state index >= 15 is 0 Å². The van der Waals surface area contributed by atoms with E-state index in [0.29, 0.717) is 16.9 Å². The van der Waals surface area contributed by atoms with Crippen molar-refractivity contribution in [1.82, 2.24) is 19.6 Å². The van der Waals surface area contributed by atoms with Crippen molar-refractivity contribution in [3.8, 4) is 11.3 Å². The summed E-state index contributed by atoms with van der Waals surface area (Å²) in [6.45, 7) is 1.81. The second-order valence-electron chi connectivity index (χ2n) is 4.71. The largest absolute Gasteiger partial charge is 0.464 e. The fourth-order valence-electron chi connectivity index (χ4n) is 2.53. The van der Waals surface area contributed by atoms with Crippen molar-refractivity contribution < 1.29 is 8.81 Å². The van der Waals surface area contributed by atoms with Gasteiger partial charge in [0.1, 0.15) is 5.58 Å². The molecule has 0 spiro atoms. The van der Waals surface area contributed by atoms with E-state index in [-0.39, 0.29) is 5.95 Å². The summed E-state index contributed by atoms with van der Waals surface area (Å²) in [7, 11) is 0. The van der Waals surface area contributed by atoms with Gasteiger partial charge in [0.05, 0.1) is 12.0 Å². The summed E-state index contributed by atoms with van der Waals surface area (Å²) in [4.78, 5) is 4.31. The Kier molecular flexibility index (Phi) is 2.26. The van der Waals surface area contributed by atoms with Gasteiger partial charge >= 0.3 is 6.08 Å². The fraction of sp³-hybridized carbons (Fsp3) is 0.0714. The van der Waals surface area contributed by atoms with Gasteiger partial charge in [0.25, 0.3) is 0 Å².